The van der Waals surface area contributed by atoms with E-state index >= 15 is 0 Å². The van der Waals surface area contributed by atoms with Crippen LogP contribution in [0.2, 0.25) is 0 Å². The Labute approximate surface area is 162 Å². The summed E-state index contributed by atoms with van der Waals surface area (Å²) in [6.07, 6.45) is 5.94. The van der Waals surface area contributed by atoms with Crippen LogP contribution in [0.1, 0.15) is 5.01 Å². The molecular weight excluding hydrogens is 360 g/mol. The zero-order valence-corrected chi connectivity index (χ0v) is 15.9. The molecule has 0 atom stereocenters. The molecule has 1 amide bonds. The van der Waals surface area contributed by atoms with Crippen molar-refractivity contribution in [2.24, 2.45) is 0 Å². The standard InChI is InChI=1S/C19H22N6OS/c26-18(22-6-5-19-23-15-3-1-2-4-16(15)27-19)14-24-9-11-25(12-10-24)17-13-20-7-8-21-17/h1-4,7-8,13H,5-6,9-12,14H2,(H,22,26). The maximum atomic E-state index is 12.2. The van der Waals surface area contributed by atoms with Gasteiger partial charge in [-0.05, 0) is 12.1 Å². The van der Waals surface area contributed by atoms with Crippen LogP contribution >= 0.6 is 11.3 Å². The molecule has 0 unspecified atom stereocenters. The molecular formula is C19H22N6OS. The molecule has 1 aliphatic heterocycles. The Balaban J connectivity index is 1.19. The second kappa shape index (κ2) is 8.41. The minimum atomic E-state index is 0.0732. The Kier molecular flexibility index (Phi) is 5.55. The zero-order valence-electron chi connectivity index (χ0n) is 15.0. The molecule has 3 heterocycles. The van der Waals surface area contributed by atoms with Crippen LogP contribution in [0.15, 0.2) is 42.9 Å². The fraction of sp³-hybridized carbons (Fsp3) is 0.368. The number of thiazole rings is 1. The molecule has 3 aromatic rings. The van der Waals surface area contributed by atoms with Gasteiger partial charge in [0.05, 0.1) is 28.0 Å². The second-order valence-corrected chi connectivity index (χ2v) is 7.62. The van der Waals surface area contributed by atoms with E-state index in [-0.39, 0.29) is 5.91 Å². The quantitative estimate of drug-likeness (QED) is 0.698. The maximum absolute atomic E-state index is 12.2. The third-order valence-corrected chi connectivity index (χ3v) is 5.71. The molecule has 0 bridgehead atoms. The fourth-order valence-corrected chi connectivity index (χ4v) is 4.15. The van der Waals surface area contributed by atoms with E-state index in [9.17, 15) is 4.79 Å². The van der Waals surface area contributed by atoms with Crippen LogP contribution in [0.3, 0.4) is 0 Å². The lowest BCUT2D eigenvalue weighted by atomic mass is 10.3. The molecule has 1 aliphatic rings. The Morgan fingerprint density at radius 3 is 2.78 bits per heavy atom. The minimum absolute atomic E-state index is 0.0732. The lowest BCUT2D eigenvalue weighted by Gasteiger charge is -2.34. The van der Waals surface area contributed by atoms with Gasteiger partial charge in [0, 0.05) is 51.5 Å². The first-order chi connectivity index (χ1) is 13.3. The van der Waals surface area contributed by atoms with Gasteiger partial charge in [-0.15, -0.1) is 11.3 Å². The Hall–Kier alpha value is -2.58. The van der Waals surface area contributed by atoms with E-state index in [0.717, 1.165) is 48.9 Å². The Morgan fingerprint density at radius 2 is 2.00 bits per heavy atom. The first kappa shape index (κ1) is 17.8. The molecule has 1 N–H and O–H groups in total. The molecule has 0 saturated carbocycles. The number of carbonyl (C=O) groups excluding carboxylic acids is 1. The monoisotopic (exact) mass is 382 g/mol. The fourth-order valence-electron chi connectivity index (χ4n) is 3.18. The summed E-state index contributed by atoms with van der Waals surface area (Å²) in [5.41, 5.74) is 1.03. The van der Waals surface area contributed by atoms with E-state index in [2.05, 4.69) is 36.1 Å². The van der Waals surface area contributed by atoms with Crippen LogP contribution in [0.5, 0.6) is 0 Å². The number of benzene rings is 1. The number of nitrogens with zero attached hydrogens (tertiary/aromatic N) is 5. The van der Waals surface area contributed by atoms with E-state index < -0.39 is 0 Å². The SMILES string of the molecule is O=C(CN1CCN(c2cnccn2)CC1)NCCc1nc2ccccc2s1. The van der Waals surface area contributed by atoms with Gasteiger partial charge >= 0.3 is 0 Å². The van der Waals surface area contributed by atoms with Crippen LogP contribution in [-0.4, -0.2) is 65.0 Å². The third-order valence-electron chi connectivity index (χ3n) is 4.61. The summed E-state index contributed by atoms with van der Waals surface area (Å²) < 4.78 is 1.19. The lowest BCUT2D eigenvalue weighted by Crippen LogP contribution is -2.49. The summed E-state index contributed by atoms with van der Waals surface area (Å²) in [6.45, 7) is 4.48. The highest BCUT2D eigenvalue weighted by molar-refractivity contribution is 7.18. The van der Waals surface area contributed by atoms with Crippen molar-refractivity contribution in [1.82, 2.24) is 25.2 Å². The van der Waals surface area contributed by atoms with Crippen molar-refractivity contribution in [3.63, 3.8) is 0 Å². The lowest BCUT2D eigenvalue weighted by molar-refractivity contribution is -0.122. The number of amides is 1. The predicted octanol–water partition coefficient (Wildman–Crippen LogP) is 1.57. The molecule has 0 aliphatic carbocycles. The van der Waals surface area contributed by atoms with Crippen LogP contribution in [-0.2, 0) is 11.2 Å². The number of nitrogens with one attached hydrogen (secondary N) is 1. The zero-order chi connectivity index (χ0) is 18.5. The summed E-state index contributed by atoms with van der Waals surface area (Å²) in [5.74, 6) is 0.974. The van der Waals surface area contributed by atoms with Gasteiger partial charge in [-0.2, -0.15) is 0 Å². The Morgan fingerprint density at radius 1 is 1.15 bits per heavy atom. The first-order valence-electron chi connectivity index (χ1n) is 9.12. The Bertz CT molecular complexity index is 858. The average molecular weight is 382 g/mol. The third kappa shape index (κ3) is 4.58. The molecule has 1 aromatic carbocycles. The number of hydrogen-bond donors (Lipinski definition) is 1. The van der Waals surface area contributed by atoms with Crippen molar-refractivity contribution in [3.05, 3.63) is 47.9 Å². The van der Waals surface area contributed by atoms with Crippen molar-refractivity contribution < 1.29 is 4.79 Å². The summed E-state index contributed by atoms with van der Waals surface area (Å²) in [7, 11) is 0. The maximum Gasteiger partial charge on any atom is 0.234 e. The van der Waals surface area contributed by atoms with Gasteiger partial charge in [-0.3, -0.25) is 14.7 Å². The number of rotatable bonds is 6. The summed E-state index contributed by atoms with van der Waals surface area (Å²) in [4.78, 5) is 29.7. The van der Waals surface area contributed by atoms with E-state index in [1.165, 1.54) is 4.70 Å². The molecule has 1 fully saturated rings. The number of piperazine rings is 1. The number of fused-ring (bicyclic) bond motifs is 1. The molecule has 2 aromatic heterocycles. The minimum Gasteiger partial charge on any atom is -0.355 e. The molecule has 4 rings (SSSR count). The molecule has 0 radical (unpaired) electrons. The van der Waals surface area contributed by atoms with E-state index in [0.29, 0.717) is 13.1 Å². The summed E-state index contributed by atoms with van der Waals surface area (Å²) >= 11 is 1.69. The van der Waals surface area contributed by atoms with Gasteiger partial charge in [0.1, 0.15) is 5.82 Å². The highest BCUT2D eigenvalue weighted by Crippen LogP contribution is 2.21. The highest BCUT2D eigenvalue weighted by atomic mass is 32.1. The van der Waals surface area contributed by atoms with Crippen molar-refractivity contribution in [2.45, 2.75) is 6.42 Å². The number of para-hydroxylation sites is 1. The van der Waals surface area contributed by atoms with Crippen LogP contribution < -0.4 is 10.2 Å². The van der Waals surface area contributed by atoms with E-state index in [1.807, 2.05) is 18.2 Å². The molecule has 7 nitrogen and oxygen atoms in total. The van der Waals surface area contributed by atoms with Crippen molar-refractivity contribution >= 4 is 33.3 Å². The first-order valence-corrected chi connectivity index (χ1v) is 9.94. The van der Waals surface area contributed by atoms with Crippen molar-refractivity contribution in [3.8, 4) is 0 Å². The van der Waals surface area contributed by atoms with Crippen LogP contribution in [0.25, 0.3) is 10.2 Å². The van der Waals surface area contributed by atoms with E-state index in [1.54, 1.807) is 29.9 Å². The largest absolute Gasteiger partial charge is 0.355 e. The van der Waals surface area contributed by atoms with Crippen molar-refractivity contribution in [1.29, 1.82) is 0 Å². The predicted molar refractivity (Wildman–Crippen MR) is 107 cm³/mol. The number of carbonyl (C=O) groups is 1. The second-order valence-electron chi connectivity index (χ2n) is 6.50. The smallest absolute Gasteiger partial charge is 0.234 e. The van der Waals surface area contributed by atoms with Crippen molar-refractivity contribution in [2.75, 3.05) is 44.2 Å². The number of aromatic nitrogens is 3. The molecule has 0 spiro atoms. The van der Waals surface area contributed by atoms with E-state index in [4.69, 9.17) is 0 Å². The summed E-state index contributed by atoms with van der Waals surface area (Å²) in [6, 6.07) is 8.12. The number of anilines is 1. The van der Waals surface area contributed by atoms with Gasteiger partial charge in [0.25, 0.3) is 0 Å². The molecule has 1 saturated heterocycles. The molecule has 140 valence electrons. The topological polar surface area (TPSA) is 74.2 Å². The van der Waals surface area contributed by atoms with Crippen LogP contribution in [0, 0.1) is 0 Å². The van der Waals surface area contributed by atoms with Gasteiger partial charge in [-0.1, -0.05) is 12.1 Å². The molecule has 27 heavy (non-hydrogen) atoms. The number of hydrogen-bond acceptors (Lipinski definition) is 7. The molecule has 8 heteroatoms. The van der Waals surface area contributed by atoms with Crippen LogP contribution in [0.4, 0.5) is 5.82 Å². The normalized spacial score (nSPS) is 15.2. The highest BCUT2D eigenvalue weighted by Gasteiger charge is 2.19. The van der Waals surface area contributed by atoms with Gasteiger partial charge in [-0.25, -0.2) is 9.97 Å². The van der Waals surface area contributed by atoms with Gasteiger partial charge in [0.15, 0.2) is 0 Å². The van der Waals surface area contributed by atoms with Gasteiger partial charge in [0.2, 0.25) is 5.91 Å². The summed E-state index contributed by atoms with van der Waals surface area (Å²) in [5, 5.41) is 4.08. The van der Waals surface area contributed by atoms with Gasteiger partial charge < -0.3 is 10.2 Å². The average Bonchev–Trinajstić information content (AvgIpc) is 3.12.